The van der Waals surface area contributed by atoms with Gasteiger partial charge in [-0.05, 0) is 65.2 Å². The van der Waals surface area contributed by atoms with Crippen molar-refractivity contribution < 1.29 is 0 Å². The lowest BCUT2D eigenvalue weighted by Gasteiger charge is -2.37. The first-order valence-corrected chi connectivity index (χ1v) is 9.18. The first-order chi connectivity index (χ1) is 9.59. The number of hydrogen-bond acceptors (Lipinski definition) is 3. The molecule has 1 aromatic heterocycles. The molecule has 1 atom stereocenters. The van der Waals surface area contributed by atoms with Gasteiger partial charge in [0, 0.05) is 10.9 Å². The number of hydrogen-bond donors (Lipinski definition) is 1. The molecule has 3 rings (SSSR count). The van der Waals surface area contributed by atoms with Crippen LogP contribution in [0.3, 0.4) is 0 Å². The Balaban J connectivity index is 1.93. The summed E-state index contributed by atoms with van der Waals surface area (Å²) in [6.45, 7) is 6.94. The van der Waals surface area contributed by atoms with E-state index in [1.165, 1.54) is 62.1 Å². The number of nitrogens with one attached hydrogen (secondary N) is 1. The molecule has 0 aliphatic heterocycles. The van der Waals surface area contributed by atoms with E-state index in [4.69, 9.17) is 4.98 Å². The van der Waals surface area contributed by atoms with Crippen LogP contribution in [0.5, 0.6) is 0 Å². The van der Waals surface area contributed by atoms with E-state index in [2.05, 4.69) is 26.1 Å². The van der Waals surface area contributed by atoms with Crippen molar-refractivity contribution in [2.75, 3.05) is 0 Å². The fourth-order valence-corrected chi connectivity index (χ4v) is 5.37. The highest BCUT2D eigenvalue weighted by atomic mass is 32.1. The average Bonchev–Trinajstić information content (AvgIpc) is 3.07. The molecule has 1 unspecified atom stereocenters. The van der Waals surface area contributed by atoms with Crippen LogP contribution < -0.4 is 5.32 Å². The van der Waals surface area contributed by atoms with Crippen molar-refractivity contribution in [3.05, 3.63) is 15.6 Å². The first kappa shape index (κ1) is 14.5. The molecule has 1 saturated carbocycles. The molecule has 2 nitrogen and oxygen atoms in total. The van der Waals surface area contributed by atoms with E-state index >= 15 is 0 Å². The molecule has 20 heavy (non-hydrogen) atoms. The zero-order valence-corrected chi connectivity index (χ0v) is 14.0. The fraction of sp³-hybridized carbons (Fsp3) is 0.824. The normalized spacial score (nSPS) is 23.0. The van der Waals surface area contributed by atoms with E-state index in [9.17, 15) is 0 Å². The Morgan fingerprint density at radius 1 is 1.15 bits per heavy atom. The summed E-state index contributed by atoms with van der Waals surface area (Å²) in [6.07, 6.45) is 10.7. The third-order valence-corrected chi connectivity index (χ3v) is 6.44. The minimum Gasteiger partial charge on any atom is -0.303 e. The molecule has 2 aliphatic rings. The summed E-state index contributed by atoms with van der Waals surface area (Å²) >= 11 is 2.00. The van der Waals surface area contributed by atoms with Crippen molar-refractivity contribution >= 4 is 11.3 Å². The molecule has 0 spiro atoms. The van der Waals surface area contributed by atoms with Crippen molar-refractivity contribution in [1.29, 1.82) is 0 Å². The first-order valence-electron chi connectivity index (χ1n) is 8.36. The second kappa shape index (κ2) is 5.76. The van der Waals surface area contributed by atoms with E-state index in [1.807, 2.05) is 11.3 Å². The zero-order chi connectivity index (χ0) is 14.2. The van der Waals surface area contributed by atoms with Crippen molar-refractivity contribution in [2.45, 2.75) is 83.7 Å². The Labute approximate surface area is 127 Å². The number of rotatable bonds is 4. The molecule has 0 bridgehead atoms. The van der Waals surface area contributed by atoms with Crippen LogP contribution in [0.25, 0.3) is 0 Å². The average molecular weight is 292 g/mol. The van der Waals surface area contributed by atoms with Crippen LogP contribution in [-0.2, 0) is 18.4 Å². The molecule has 1 N–H and O–H groups in total. The van der Waals surface area contributed by atoms with Gasteiger partial charge in [0.05, 0.1) is 11.2 Å². The van der Waals surface area contributed by atoms with Gasteiger partial charge in [0.25, 0.3) is 0 Å². The number of nitrogens with zero attached hydrogens (tertiary/aromatic N) is 1. The molecule has 2 aliphatic carbocycles. The van der Waals surface area contributed by atoms with Crippen LogP contribution in [0.2, 0.25) is 0 Å². The standard InChI is InChI=1S/C17H28N2S/c1-12(2)19-17(3,13-8-4-5-9-13)16-18-14-10-6-7-11-15(14)20-16/h12-13,19H,4-11H2,1-3H3. The molecule has 0 radical (unpaired) electrons. The molecule has 112 valence electrons. The third-order valence-electron chi connectivity index (χ3n) is 5.05. The van der Waals surface area contributed by atoms with Crippen LogP contribution in [0.1, 0.15) is 74.9 Å². The zero-order valence-electron chi connectivity index (χ0n) is 13.2. The Morgan fingerprint density at radius 2 is 1.85 bits per heavy atom. The Bertz CT molecular complexity index is 436. The quantitative estimate of drug-likeness (QED) is 0.888. The van der Waals surface area contributed by atoms with Crippen molar-refractivity contribution in [3.63, 3.8) is 0 Å². The molecule has 1 fully saturated rings. The summed E-state index contributed by atoms with van der Waals surface area (Å²) in [7, 11) is 0. The number of thiazole rings is 1. The van der Waals surface area contributed by atoms with Gasteiger partial charge >= 0.3 is 0 Å². The van der Waals surface area contributed by atoms with Gasteiger partial charge in [-0.1, -0.05) is 12.8 Å². The fourth-order valence-electron chi connectivity index (χ4n) is 4.03. The van der Waals surface area contributed by atoms with E-state index in [1.54, 1.807) is 4.88 Å². The second-order valence-electron chi connectivity index (χ2n) is 7.08. The highest BCUT2D eigenvalue weighted by Gasteiger charge is 2.40. The molecule has 1 aromatic rings. The Kier molecular flexibility index (Phi) is 4.19. The van der Waals surface area contributed by atoms with Gasteiger partial charge in [-0.25, -0.2) is 4.98 Å². The third kappa shape index (κ3) is 2.67. The molecular weight excluding hydrogens is 264 g/mol. The number of aryl methyl sites for hydroxylation is 2. The maximum Gasteiger partial charge on any atom is 0.113 e. The topological polar surface area (TPSA) is 24.9 Å². The molecule has 0 saturated heterocycles. The van der Waals surface area contributed by atoms with E-state index < -0.39 is 0 Å². The molecule has 3 heteroatoms. The summed E-state index contributed by atoms with van der Waals surface area (Å²) in [6, 6.07) is 0.515. The molecule has 0 aromatic carbocycles. The van der Waals surface area contributed by atoms with Crippen LogP contribution in [-0.4, -0.2) is 11.0 Å². The lowest BCUT2D eigenvalue weighted by molar-refractivity contribution is 0.216. The number of fused-ring (bicyclic) bond motifs is 1. The van der Waals surface area contributed by atoms with E-state index in [-0.39, 0.29) is 5.54 Å². The van der Waals surface area contributed by atoms with E-state index in [0.717, 1.165) is 5.92 Å². The molecular formula is C17H28N2S. The van der Waals surface area contributed by atoms with Gasteiger partial charge in [-0.3, -0.25) is 0 Å². The summed E-state index contributed by atoms with van der Waals surface area (Å²) in [5.74, 6) is 0.762. The summed E-state index contributed by atoms with van der Waals surface area (Å²) < 4.78 is 0. The van der Waals surface area contributed by atoms with E-state index in [0.29, 0.717) is 6.04 Å². The summed E-state index contributed by atoms with van der Waals surface area (Å²) in [5, 5.41) is 5.24. The van der Waals surface area contributed by atoms with Gasteiger partial charge in [0.1, 0.15) is 5.01 Å². The van der Waals surface area contributed by atoms with Gasteiger partial charge in [-0.2, -0.15) is 0 Å². The van der Waals surface area contributed by atoms with Crippen molar-refractivity contribution in [2.24, 2.45) is 5.92 Å². The maximum atomic E-state index is 5.08. The summed E-state index contributed by atoms with van der Waals surface area (Å²) in [4.78, 5) is 6.65. The van der Waals surface area contributed by atoms with Crippen LogP contribution in [0, 0.1) is 5.92 Å². The maximum absolute atomic E-state index is 5.08. The van der Waals surface area contributed by atoms with Crippen molar-refractivity contribution in [3.8, 4) is 0 Å². The molecule has 1 heterocycles. The minimum absolute atomic E-state index is 0.0900. The minimum atomic E-state index is 0.0900. The predicted octanol–water partition coefficient (Wildman–Crippen LogP) is 4.43. The molecule has 0 amide bonds. The largest absolute Gasteiger partial charge is 0.303 e. The SMILES string of the molecule is CC(C)NC(C)(c1nc2c(s1)CCCC2)C1CCCC1. The Morgan fingerprint density at radius 3 is 2.50 bits per heavy atom. The van der Waals surface area contributed by atoms with Crippen LogP contribution in [0.4, 0.5) is 0 Å². The number of aromatic nitrogens is 1. The van der Waals surface area contributed by atoms with Gasteiger partial charge < -0.3 is 5.32 Å². The van der Waals surface area contributed by atoms with Crippen LogP contribution in [0.15, 0.2) is 0 Å². The van der Waals surface area contributed by atoms with Crippen molar-refractivity contribution in [1.82, 2.24) is 10.3 Å². The monoisotopic (exact) mass is 292 g/mol. The van der Waals surface area contributed by atoms with Gasteiger partial charge in [0.15, 0.2) is 0 Å². The predicted molar refractivity (Wildman–Crippen MR) is 86.3 cm³/mol. The second-order valence-corrected chi connectivity index (χ2v) is 8.16. The highest BCUT2D eigenvalue weighted by molar-refractivity contribution is 7.11. The lowest BCUT2D eigenvalue weighted by atomic mass is 9.84. The lowest BCUT2D eigenvalue weighted by Crippen LogP contribution is -2.48. The summed E-state index contributed by atoms with van der Waals surface area (Å²) in [5.41, 5.74) is 1.50. The highest BCUT2D eigenvalue weighted by Crippen LogP contribution is 2.43. The Hall–Kier alpha value is -0.410. The van der Waals surface area contributed by atoms with Gasteiger partial charge in [-0.15, -0.1) is 11.3 Å². The van der Waals surface area contributed by atoms with Crippen LogP contribution >= 0.6 is 11.3 Å². The smallest absolute Gasteiger partial charge is 0.113 e. The van der Waals surface area contributed by atoms with Gasteiger partial charge in [0.2, 0.25) is 0 Å².